The van der Waals surface area contributed by atoms with Gasteiger partial charge in [-0.3, -0.25) is 14.9 Å². The molecule has 0 radical (unpaired) electrons. The first kappa shape index (κ1) is 18.7. The van der Waals surface area contributed by atoms with Gasteiger partial charge in [-0.05, 0) is 25.3 Å². The zero-order valence-corrected chi connectivity index (χ0v) is 15.4. The molecule has 0 spiro atoms. The first-order valence-electron chi connectivity index (χ1n) is 8.83. The number of nitro groups is 1. The molecule has 2 aromatic rings. The molecule has 0 aliphatic heterocycles. The first-order chi connectivity index (χ1) is 13.0. The number of nitro benzene ring substituents is 1. The molecule has 1 saturated carbocycles. The minimum atomic E-state index is -0.582. The minimum absolute atomic E-state index is 0.0378. The molecule has 1 N–H and O–H groups in total. The van der Waals surface area contributed by atoms with Crippen LogP contribution in [0.15, 0.2) is 42.5 Å². The Morgan fingerprint density at radius 1 is 1.22 bits per heavy atom. The van der Waals surface area contributed by atoms with Gasteiger partial charge in [0, 0.05) is 18.0 Å². The molecule has 1 aliphatic rings. The van der Waals surface area contributed by atoms with Crippen LogP contribution in [0.25, 0.3) is 0 Å². The van der Waals surface area contributed by atoms with Crippen molar-refractivity contribution in [2.24, 2.45) is 0 Å². The Kier molecular flexibility index (Phi) is 5.30. The van der Waals surface area contributed by atoms with Crippen molar-refractivity contribution in [1.82, 2.24) is 5.32 Å². The van der Waals surface area contributed by atoms with Crippen LogP contribution in [0.4, 0.5) is 5.69 Å². The lowest BCUT2D eigenvalue weighted by molar-refractivity contribution is -0.385. The average Bonchev–Trinajstić information content (AvgIpc) is 3.48. The van der Waals surface area contributed by atoms with Crippen LogP contribution in [0.5, 0.6) is 11.5 Å². The molecule has 0 unspecified atom stereocenters. The molecule has 1 amide bonds. The zero-order valence-electron chi connectivity index (χ0n) is 15.4. The smallest absolute Gasteiger partial charge is 0.286 e. The van der Waals surface area contributed by atoms with Crippen LogP contribution in [-0.4, -0.2) is 31.1 Å². The standard InChI is InChI=1S/C20H22N2O5/c1-3-27-18-12-16(22(24)25)15(11-17(18)26-2)19(23)21-13-20(9-10-20)14-7-5-4-6-8-14/h4-8,11-12H,3,9-10,13H2,1-2H3,(H,21,23). The van der Waals surface area contributed by atoms with E-state index in [-0.39, 0.29) is 28.2 Å². The van der Waals surface area contributed by atoms with Gasteiger partial charge in [0.1, 0.15) is 5.56 Å². The summed E-state index contributed by atoms with van der Waals surface area (Å²) in [7, 11) is 1.43. The third-order valence-electron chi connectivity index (χ3n) is 4.85. The van der Waals surface area contributed by atoms with Crippen LogP contribution in [0.2, 0.25) is 0 Å². The maximum absolute atomic E-state index is 12.7. The number of ether oxygens (including phenoxy) is 2. The zero-order chi connectivity index (χ0) is 19.4. The molecule has 7 heteroatoms. The number of hydrogen-bond donors (Lipinski definition) is 1. The monoisotopic (exact) mass is 370 g/mol. The van der Waals surface area contributed by atoms with Crippen molar-refractivity contribution in [3.8, 4) is 11.5 Å². The summed E-state index contributed by atoms with van der Waals surface area (Å²) in [6.45, 7) is 2.53. The Labute approximate surface area is 157 Å². The maximum Gasteiger partial charge on any atom is 0.286 e. The van der Waals surface area contributed by atoms with E-state index in [0.717, 1.165) is 12.8 Å². The number of carbonyl (C=O) groups excluding carboxylic acids is 1. The molecule has 142 valence electrons. The SMILES string of the molecule is CCOc1cc([N+](=O)[O-])c(C(=O)NCC2(c3ccccc3)CC2)cc1OC. The summed E-state index contributed by atoms with van der Waals surface area (Å²) >= 11 is 0. The second-order valence-corrected chi connectivity index (χ2v) is 6.54. The lowest BCUT2D eigenvalue weighted by Gasteiger charge is -2.17. The summed E-state index contributed by atoms with van der Waals surface area (Å²) in [5, 5.41) is 14.3. The Balaban J connectivity index is 1.83. The van der Waals surface area contributed by atoms with E-state index in [1.54, 1.807) is 6.92 Å². The van der Waals surface area contributed by atoms with Gasteiger partial charge in [-0.15, -0.1) is 0 Å². The number of nitrogens with zero attached hydrogens (tertiary/aromatic N) is 1. The van der Waals surface area contributed by atoms with E-state index < -0.39 is 10.8 Å². The molecule has 0 saturated heterocycles. The first-order valence-corrected chi connectivity index (χ1v) is 8.83. The van der Waals surface area contributed by atoms with Gasteiger partial charge in [0.2, 0.25) is 0 Å². The highest BCUT2D eigenvalue weighted by Gasteiger charge is 2.44. The van der Waals surface area contributed by atoms with Gasteiger partial charge in [0.25, 0.3) is 11.6 Å². The van der Waals surface area contributed by atoms with Crippen molar-refractivity contribution in [2.45, 2.75) is 25.2 Å². The third-order valence-corrected chi connectivity index (χ3v) is 4.85. The van der Waals surface area contributed by atoms with Gasteiger partial charge in [0.05, 0.1) is 24.7 Å². The molecular formula is C20H22N2O5. The fourth-order valence-corrected chi connectivity index (χ4v) is 3.16. The highest BCUT2D eigenvalue weighted by Crippen LogP contribution is 2.47. The van der Waals surface area contributed by atoms with Crippen molar-refractivity contribution < 1.29 is 19.2 Å². The number of hydrogen-bond acceptors (Lipinski definition) is 5. The van der Waals surface area contributed by atoms with Crippen molar-refractivity contribution in [3.63, 3.8) is 0 Å². The summed E-state index contributed by atoms with van der Waals surface area (Å²) < 4.78 is 10.6. The molecule has 3 rings (SSSR count). The number of methoxy groups -OCH3 is 1. The summed E-state index contributed by atoms with van der Waals surface area (Å²) in [4.78, 5) is 23.6. The van der Waals surface area contributed by atoms with Crippen LogP contribution in [0, 0.1) is 10.1 Å². The number of amides is 1. The van der Waals surface area contributed by atoms with Crippen molar-refractivity contribution >= 4 is 11.6 Å². The normalized spacial score (nSPS) is 14.3. The van der Waals surface area contributed by atoms with Crippen LogP contribution in [-0.2, 0) is 5.41 Å². The Morgan fingerprint density at radius 2 is 1.93 bits per heavy atom. The Hall–Kier alpha value is -3.09. The third kappa shape index (κ3) is 3.86. The molecule has 1 aliphatic carbocycles. The predicted molar refractivity (Wildman–Crippen MR) is 101 cm³/mol. The van der Waals surface area contributed by atoms with E-state index >= 15 is 0 Å². The van der Waals surface area contributed by atoms with Gasteiger partial charge in [0.15, 0.2) is 11.5 Å². The molecule has 7 nitrogen and oxygen atoms in total. The number of carbonyl (C=O) groups is 1. The second kappa shape index (κ2) is 7.65. The van der Waals surface area contributed by atoms with Crippen molar-refractivity contribution in [2.75, 3.05) is 20.3 Å². The van der Waals surface area contributed by atoms with E-state index in [1.165, 1.54) is 24.8 Å². The average molecular weight is 370 g/mol. The number of rotatable bonds is 8. The quantitative estimate of drug-likeness (QED) is 0.568. The largest absolute Gasteiger partial charge is 0.493 e. The molecular weight excluding hydrogens is 348 g/mol. The van der Waals surface area contributed by atoms with E-state index in [9.17, 15) is 14.9 Å². The number of nitrogens with one attached hydrogen (secondary N) is 1. The highest BCUT2D eigenvalue weighted by atomic mass is 16.6. The van der Waals surface area contributed by atoms with Crippen LogP contribution in [0.3, 0.4) is 0 Å². The van der Waals surface area contributed by atoms with E-state index in [1.807, 2.05) is 30.3 Å². The topological polar surface area (TPSA) is 90.7 Å². The highest BCUT2D eigenvalue weighted by molar-refractivity contribution is 5.99. The minimum Gasteiger partial charge on any atom is -0.493 e. The lowest BCUT2D eigenvalue weighted by Crippen LogP contribution is -2.32. The van der Waals surface area contributed by atoms with Gasteiger partial charge in [-0.2, -0.15) is 0 Å². The van der Waals surface area contributed by atoms with E-state index in [2.05, 4.69) is 5.32 Å². The fraction of sp³-hybridized carbons (Fsp3) is 0.350. The molecule has 0 aromatic heterocycles. The van der Waals surface area contributed by atoms with Crippen molar-refractivity contribution in [3.05, 3.63) is 63.7 Å². The van der Waals surface area contributed by atoms with Gasteiger partial charge in [-0.25, -0.2) is 0 Å². The fourth-order valence-electron chi connectivity index (χ4n) is 3.16. The summed E-state index contributed by atoms with van der Waals surface area (Å²) in [5.74, 6) is 0.0354. The molecule has 1 fully saturated rings. The molecule has 0 bridgehead atoms. The second-order valence-electron chi connectivity index (χ2n) is 6.54. The van der Waals surface area contributed by atoms with E-state index in [0.29, 0.717) is 13.2 Å². The lowest BCUT2D eigenvalue weighted by atomic mass is 9.96. The van der Waals surface area contributed by atoms with Crippen LogP contribution in [0.1, 0.15) is 35.7 Å². The molecule has 0 heterocycles. The van der Waals surface area contributed by atoms with Crippen molar-refractivity contribution in [1.29, 1.82) is 0 Å². The van der Waals surface area contributed by atoms with Crippen LogP contribution >= 0.6 is 0 Å². The summed E-state index contributed by atoms with van der Waals surface area (Å²) in [5.41, 5.74) is 0.746. The molecule has 2 aromatic carbocycles. The maximum atomic E-state index is 12.7. The molecule has 0 atom stereocenters. The van der Waals surface area contributed by atoms with Gasteiger partial charge >= 0.3 is 0 Å². The Morgan fingerprint density at radius 3 is 2.48 bits per heavy atom. The summed E-state index contributed by atoms with van der Waals surface area (Å²) in [6, 6.07) is 12.6. The van der Waals surface area contributed by atoms with Gasteiger partial charge in [-0.1, -0.05) is 30.3 Å². The number of benzene rings is 2. The predicted octanol–water partition coefficient (Wildman–Crippen LogP) is 3.46. The van der Waals surface area contributed by atoms with Crippen LogP contribution < -0.4 is 14.8 Å². The molecule has 27 heavy (non-hydrogen) atoms. The summed E-state index contributed by atoms with van der Waals surface area (Å²) in [6.07, 6.45) is 1.96. The van der Waals surface area contributed by atoms with Gasteiger partial charge < -0.3 is 14.8 Å². The van der Waals surface area contributed by atoms with E-state index in [4.69, 9.17) is 9.47 Å². The Bertz CT molecular complexity index is 847.